The van der Waals surface area contributed by atoms with Crippen molar-refractivity contribution in [3.63, 3.8) is 0 Å². The highest BCUT2D eigenvalue weighted by Gasteiger charge is 2.19. The maximum Gasteiger partial charge on any atom is 0.169 e. The van der Waals surface area contributed by atoms with E-state index in [0.717, 1.165) is 31.5 Å². The maximum absolute atomic E-state index is 13.4. The number of hydrogen-bond acceptors (Lipinski definition) is 2. The molecule has 0 aliphatic heterocycles. The molecule has 0 radical (unpaired) electrons. The van der Waals surface area contributed by atoms with Crippen LogP contribution in [0.25, 0.3) is 0 Å². The summed E-state index contributed by atoms with van der Waals surface area (Å²) in [5, 5.41) is 3.40. The third-order valence-corrected chi connectivity index (χ3v) is 3.38. The fourth-order valence-electron chi connectivity index (χ4n) is 1.66. The number of benzene rings is 1. The second-order valence-electron chi connectivity index (χ2n) is 4.48. The molecule has 0 unspecified atom stereocenters. The van der Waals surface area contributed by atoms with Gasteiger partial charge in [0.15, 0.2) is 11.6 Å². The van der Waals surface area contributed by atoms with Gasteiger partial charge in [0.05, 0.1) is 11.1 Å². The van der Waals surface area contributed by atoms with Gasteiger partial charge in [0.2, 0.25) is 0 Å². The van der Waals surface area contributed by atoms with E-state index in [0.29, 0.717) is 11.1 Å². The molecule has 0 aromatic heterocycles. The Balaban J connectivity index is 1.68. The largest absolute Gasteiger partial charge is 0.489 e. The van der Waals surface area contributed by atoms with E-state index >= 15 is 0 Å². The Kier molecular flexibility index (Phi) is 4.95. The second-order valence-corrected chi connectivity index (χ2v) is 5.34. The molecule has 2 nitrogen and oxygen atoms in total. The molecule has 0 spiro atoms. The summed E-state index contributed by atoms with van der Waals surface area (Å²) in [5.41, 5.74) is 0. The number of nitrogens with one attached hydrogen (secondary N) is 1. The topological polar surface area (TPSA) is 21.3 Å². The van der Waals surface area contributed by atoms with Crippen LogP contribution in [0.4, 0.5) is 8.78 Å². The Hall–Kier alpha value is -0.680. The molecule has 5 heteroatoms. The summed E-state index contributed by atoms with van der Waals surface area (Å²) in [7, 11) is 0. The minimum atomic E-state index is -0.669. The number of unbranched alkanes of at least 4 members (excludes halogenated alkanes) is 1. The van der Waals surface area contributed by atoms with Crippen molar-refractivity contribution in [2.45, 2.75) is 31.7 Å². The van der Waals surface area contributed by atoms with E-state index < -0.39 is 11.6 Å². The molecular formula is C13H16BrF2NO. The van der Waals surface area contributed by atoms with Crippen molar-refractivity contribution in [1.29, 1.82) is 0 Å². The fourth-order valence-corrected chi connectivity index (χ4v) is 2.18. The zero-order valence-electron chi connectivity index (χ0n) is 10.0. The van der Waals surface area contributed by atoms with Gasteiger partial charge < -0.3 is 10.1 Å². The first-order chi connectivity index (χ1) is 8.66. The molecule has 0 amide bonds. The third kappa shape index (κ3) is 4.21. The van der Waals surface area contributed by atoms with Gasteiger partial charge >= 0.3 is 0 Å². The average Bonchev–Trinajstić information content (AvgIpc) is 3.09. The van der Waals surface area contributed by atoms with Crippen LogP contribution in [0.1, 0.15) is 25.7 Å². The van der Waals surface area contributed by atoms with E-state index in [2.05, 4.69) is 21.2 Å². The zero-order chi connectivity index (χ0) is 13.0. The number of halogens is 3. The van der Waals surface area contributed by atoms with Gasteiger partial charge in [-0.1, -0.05) is 0 Å². The van der Waals surface area contributed by atoms with Gasteiger partial charge in [0.1, 0.15) is 5.82 Å². The van der Waals surface area contributed by atoms with Crippen molar-refractivity contribution in [3.05, 3.63) is 28.2 Å². The van der Waals surface area contributed by atoms with Crippen molar-refractivity contribution in [3.8, 4) is 5.75 Å². The Labute approximate surface area is 114 Å². The Morgan fingerprint density at radius 1 is 1.28 bits per heavy atom. The molecule has 1 aliphatic rings. The predicted octanol–water partition coefficient (Wildman–Crippen LogP) is 3.64. The Morgan fingerprint density at radius 2 is 2.06 bits per heavy atom. The van der Waals surface area contributed by atoms with Crippen molar-refractivity contribution in [2.24, 2.45) is 0 Å². The molecule has 1 fully saturated rings. The number of hydrogen-bond donors (Lipinski definition) is 1. The predicted molar refractivity (Wildman–Crippen MR) is 69.8 cm³/mol. The van der Waals surface area contributed by atoms with Gasteiger partial charge in [-0.15, -0.1) is 0 Å². The summed E-state index contributed by atoms with van der Waals surface area (Å²) in [4.78, 5) is 0. The normalized spacial score (nSPS) is 14.8. The minimum absolute atomic E-state index is 0.0894. The lowest BCUT2D eigenvalue weighted by Crippen LogP contribution is -2.18. The molecule has 1 saturated carbocycles. The summed E-state index contributed by atoms with van der Waals surface area (Å²) in [5.74, 6) is -1.19. The van der Waals surface area contributed by atoms with Crippen molar-refractivity contribution in [2.75, 3.05) is 13.2 Å². The van der Waals surface area contributed by atoms with E-state index in [4.69, 9.17) is 4.74 Å². The first-order valence-corrected chi connectivity index (χ1v) is 6.97. The molecule has 2 rings (SSSR count). The standard InChI is InChI=1S/C13H16BrF2NO/c14-11-7-9(15)8-12(16)13(11)18-6-2-1-5-17-10-3-4-10/h7-8,10,17H,1-6H2. The average molecular weight is 320 g/mol. The van der Waals surface area contributed by atoms with Gasteiger partial charge in [0.25, 0.3) is 0 Å². The summed E-state index contributed by atoms with van der Waals surface area (Å²) in [6.07, 6.45) is 4.41. The molecule has 0 bridgehead atoms. The van der Waals surface area contributed by atoms with Crippen LogP contribution in [0.3, 0.4) is 0 Å². The SMILES string of the molecule is Fc1cc(F)c(OCCCCNC2CC2)c(Br)c1. The first-order valence-electron chi connectivity index (χ1n) is 6.17. The van der Waals surface area contributed by atoms with E-state index in [1.807, 2.05) is 0 Å². The molecular weight excluding hydrogens is 304 g/mol. The van der Waals surface area contributed by atoms with Gasteiger partial charge in [0, 0.05) is 12.1 Å². The zero-order valence-corrected chi connectivity index (χ0v) is 11.6. The van der Waals surface area contributed by atoms with Crippen LogP contribution in [0.2, 0.25) is 0 Å². The van der Waals surface area contributed by atoms with Crippen LogP contribution >= 0.6 is 15.9 Å². The van der Waals surface area contributed by atoms with Gasteiger partial charge in [-0.25, -0.2) is 8.78 Å². The molecule has 0 heterocycles. The highest BCUT2D eigenvalue weighted by Crippen LogP contribution is 2.29. The summed E-state index contributed by atoms with van der Waals surface area (Å²) >= 11 is 3.09. The highest BCUT2D eigenvalue weighted by molar-refractivity contribution is 9.10. The third-order valence-electron chi connectivity index (χ3n) is 2.79. The smallest absolute Gasteiger partial charge is 0.169 e. The monoisotopic (exact) mass is 319 g/mol. The van der Waals surface area contributed by atoms with Crippen molar-refractivity contribution < 1.29 is 13.5 Å². The first kappa shape index (κ1) is 13.7. The summed E-state index contributed by atoms with van der Waals surface area (Å²) in [6, 6.07) is 2.75. The summed E-state index contributed by atoms with van der Waals surface area (Å²) < 4.78 is 31.9. The molecule has 1 aromatic rings. The van der Waals surface area contributed by atoms with Crippen molar-refractivity contribution in [1.82, 2.24) is 5.32 Å². The van der Waals surface area contributed by atoms with Crippen LogP contribution in [0.5, 0.6) is 5.75 Å². The molecule has 1 N–H and O–H groups in total. The van der Waals surface area contributed by atoms with E-state index in [1.165, 1.54) is 18.9 Å². The highest BCUT2D eigenvalue weighted by atomic mass is 79.9. The maximum atomic E-state index is 13.4. The lowest BCUT2D eigenvalue weighted by Gasteiger charge is -2.09. The van der Waals surface area contributed by atoms with Crippen LogP contribution in [0, 0.1) is 11.6 Å². The van der Waals surface area contributed by atoms with Gasteiger partial charge in [-0.05, 0) is 54.2 Å². The lowest BCUT2D eigenvalue weighted by molar-refractivity contribution is 0.288. The van der Waals surface area contributed by atoms with Crippen LogP contribution < -0.4 is 10.1 Å². The lowest BCUT2D eigenvalue weighted by atomic mass is 10.3. The fraction of sp³-hybridized carbons (Fsp3) is 0.538. The van der Waals surface area contributed by atoms with Crippen LogP contribution in [0.15, 0.2) is 16.6 Å². The molecule has 100 valence electrons. The molecule has 0 saturated heterocycles. The quantitative estimate of drug-likeness (QED) is 0.775. The van der Waals surface area contributed by atoms with E-state index in [1.54, 1.807) is 0 Å². The van der Waals surface area contributed by atoms with Gasteiger partial charge in [-0.2, -0.15) is 0 Å². The minimum Gasteiger partial charge on any atom is -0.489 e. The molecule has 0 atom stereocenters. The summed E-state index contributed by atoms with van der Waals surface area (Å²) in [6.45, 7) is 1.41. The molecule has 1 aromatic carbocycles. The number of rotatable bonds is 7. The molecule has 18 heavy (non-hydrogen) atoms. The Morgan fingerprint density at radius 3 is 2.72 bits per heavy atom. The van der Waals surface area contributed by atoms with E-state index in [9.17, 15) is 8.78 Å². The number of ether oxygens (including phenoxy) is 1. The van der Waals surface area contributed by atoms with E-state index in [-0.39, 0.29) is 5.75 Å². The van der Waals surface area contributed by atoms with Gasteiger partial charge in [-0.3, -0.25) is 0 Å². The molecule has 1 aliphatic carbocycles. The Bertz CT molecular complexity index is 387. The van der Waals surface area contributed by atoms with Crippen LogP contribution in [-0.4, -0.2) is 19.2 Å². The van der Waals surface area contributed by atoms with Crippen molar-refractivity contribution >= 4 is 15.9 Å². The van der Waals surface area contributed by atoms with Crippen LogP contribution in [-0.2, 0) is 0 Å². The second kappa shape index (κ2) is 6.48.